The summed E-state index contributed by atoms with van der Waals surface area (Å²) < 4.78 is 17.1. The molecule has 1 fully saturated rings. The van der Waals surface area contributed by atoms with E-state index in [0.717, 1.165) is 45.7 Å². The molecule has 0 spiro atoms. The van der Waals surface area contributed by atoms with Crippen molar-refractivity contribution in [1.82, 2.24) is 4.98 Å². The lowest BCUT2D eigenvalue weighted by atomic mass is 10.1. The van der Waals surface area contributed by atoms with Gasteiger partial charge in [-0.15, -0.1) is 0 Å². The highest BCUT2D eigenvalue weighted by Gasteiger charge is 2.13. The Morgan fingerprint density at radius 2 is 1.63 bits per heavy atom. The fourth-order valence-corrected chi connectivity index (χ4v) is 3.45. The van der Waals surface area contributed by atoms with E-state index in [-0.39, 0.29) is 6.29 Å². The van der Waals surface area contributed by atoms with Gasteiger partial charge in [-0.05, 0) is 56.6 Å². The van der Waals surface area contributed by atoms with E-state index in [9.17, 15) is 0 Å². The summed E-state index contributed by atoms with van der Waals surface area (Å²) in [6.45, 7) is 3.51. The average molecular weight is 378 g/mol. The molecule has 2 heterocycles. The van der Waals surface area contributed by atoms with E-state index in [1.54, 1.807) is 0 Å². The van der Waals surface area contributed by atoms with Crippen LogP contribution in [0.3, 0.4) is 0 Å². The van der Waals surface area contributed by atoms with Crippen molar-refractivity contribution < 1.29 is 14.2 Å². The van der Waals surface area contributed by atoms with Gasteiger partial charge < -0.3 is 14.2 Å². The Hall–Kier alpha value is -0.970. The fraction of sp³-hybridized carbons (Fsp3) is 0.783. The third-order valence-corrected chi connectivity index (χ3v) is 5.10. The molecule has 1 aromatic heterocycles. The molecule has 1 saturated heterocycles. The van der Waals surface area contributed by atoms with Crippen LogP contribution in [-0.2, 0) is 20.6 Å². The number of pyridine rings is 1. The Kier molecular flexibility index (Phi) is 13.2. The van der Waals surface area contributed by atoms with Gasteiger partial charge in [0, 0.05) is 38.8 Å². The number of hydrogen-bond acceptors (Lipinski definition) is 4. The number of aryl methyl sites for hydroxylation is 1. The van der Waals surface area contributed by atoms with Crippen LogP contribution in [-0.4, -0.2) is 37.7 Å². The summed E-state index contributed by atoms with van der Waals surface area (Å²) in [6.07, 6.45) is 19.8. The van der Waals surface area contributed by atoms with Crippen molar-refractivity contribution in [2.45, 2.75) is 89.8 Å². The smallest absolute Gasteiger partial charge is 0.157 e. The SMILES string of the molecule is c1cncc(CCCOCCCCCCCCCCOC2CCCCO2)c1. The van der Waals surface area contributed by atoms with Crippen LogP contribution in [0.4, 0.5) is 0 Å². The predicted molar refractivity (Wildman–Crippen MR) is 110 cm³/mol. The van der Waals surface area contributed by atoms with Crippen molar-refractivity contribution in [2.24, 2.45) is 0 Å². The molecular formula is C23H39NO3. The first-order chi connectivity index (χ1) is 13.4. The van der Waals surface area contributed by atoms with Crippen molar-refractivity contribution >= 4 is 0 Å². The van der Waals surface area contributed by atoms with Crippen LogP contribution >= 0.6 is 0 Å². The van der Waals surface area contributed by atoms with Gasteiger partial charge in [-0.25, -0.2) is 0 Å². The molecule has 1 aliphatic rings. The number of unbranched alkanes of at least 4 members (excludes halogenated alkanes) is 7. The molecule has 0 amide bonds. The summed E-state index contributed by atoms with van der Waals surface area (Å²) in [7, 11) is 0. The van der Waals surface area contributed by atoms with E-state index in [1.807, 2.05) is 18.5 Å². The molecule has 0 N–H and O–H groups in total. The monoisotopic (exact) mass is 377 g/mol. The topological polar surface area (TPSA) is 40.6 Å². The van der Waals surface area contributed by atoms with E-state index in [1.165, 1.54) is 69.8 Å². The lowest BCUT2D eigenvalue weighted by Gasteiger charge is -2.22. The Morgan fingerprint density at radius 3 is 2.33 bits per heavy atom. The molecule has 1 aliphatic heterocycles. The first-order valence-corrected chi connectivity index (χ1v) is 11.1. The third-order valence-electron chi connectivity index (χ3n) is 5.10. The van der Waals surface area contributed by atoms with Crippen LogP contribution in [0, 0.1) is 0 Å². The normalized spacial score (nSPS) is 17.3. The minimum Gasteiger partial charge on any atom is -0.381 e. The molecule has 1 unspecified atom stereocenters. The maximum atomic E-state index is 5.77. The summed E-state index contributed by atoms with van der Waals surface area (Å²) in [5.41, 5.74) is 1.30. The predicted octanol–water partition coefficient (Wildman–Crippen LogP) is 5.69. The molecule has 1 atom stereocenters. The van der Waals surface area contributed by atoms with Gasteiger partial charge in [0.15, 0.2) is 6.29 Å². The zero-order valence-electron chi connectivity index (χ0n) is 17.1. The number of aromatic nitrogens is 1. The lowest BCUT2D eigenvalue weighted by Crippen LogP contribution is -2.22. The number of hydrogen-bond donors (Lipinski definition) is 0. The molecule has 0 aliphatic carbocycles. The van der Waals surface area contributed by atoms with Gasteiger partial charge in [-0.3, -0.25) is 4.98 Å². The minimum absolute atomic E-state index is 0.0799. The average Bonchev–Trinajstić information content (AvgIpc) is 2.72. The lowest BCUT2D eigenvalue weighted by molar-refractivity contribution is -0.162. The van der Waals surface area contributed by atoms with Crippen molar-refractivity contribution in [3.63, 3.8) is 0 Å². The molecular weight excluding hydrogens is 338 g/mol. The number of ether oxygens (including phenoxy) is 3. The highest BCUT2D eigenvalue weighted by atomic mass is 16.7. The molecule has 0 aromatic carbocycles. The maximum Gasteiger partial charge on any atom is 0.157 e. The highest BCUT2D eigenvalue weighted by Crippen LogP contribution is 2.15. The van der Waals surface area contributed by atoms with Crippen LogP contribution in [0.5, 0.6) is 0 Å². The van der Waals surface area contributed by atoms with Gasteiger partial charge in [-0.1, -0.05) is 44.6 Å². The second kappa shape index (κ2) is 16.0. The quantitative estimate of drug-likeness (QED) is 0.347. The summed E-state index contributed by atoms with van der Waals surface area (Å²) in [6, 6.07) is 4.13. The zero-order chi connectivity index (χ0) is 18.8. The van der Waals surface area contributed by atoms with E-state index in [0.29, 0.717) is 0 Å². The summed E-state index contributed by atoms with van der Waals surface area (Å²) in [4.78, 5) is 4.14. The largest absolute Gasteiger partial charge is 0.381 e. The second-order valence-electron chi connectivity index (χ2n) is 7.57. The first-order valence-electron chi connectivity index (χ1n) is 11.1. The van der Waals surface area contributed by atoms with Crippen molar-refractivity contribution in [3.8, 4) is 0 Å². The standard InChI is InChI=1S/C23H39NO3/c1(2-4-6-9-19-26-23-15-7-10-20-27-23)3-5-8-17-25-18-12-14-22-13-11-16-24-21-22/h11,13,16,21,23H,1-10,12,14-15,17-20H2. The van der Waals surface area contributed by atoms with Crippen LogP contribution < -0.4 is 0 Å². The molecule has 4 heteroatoms. The van der Waals surface area contributed by atoms with Crippen molar-refractivity contribution in [1.29, 1.82) is 0 Å². The molecule has 154 valence electrons. The van der Waals surface area contributed by atoms with E-state index in [2.05, 4.69) is 11.1 Å². The zero-order valence-corrected chi connectivity index (χ0v) is 17.1. The molecule has 2 rings (SSSR count). The Labute approximate surface area is 166 Å². The summed E-state index contributed by atoms with van der Waals surface area (Å²) in [5.74, 6) is 0. The molecule has 4 nitrogen and oxygen atoms in total. The van der Waals surface area contributed by atoms with Gasteiger partial charge in [0.1, 0.15) is 0 Å². The molecule has 27 heavy (non-hydrogen) atoms. The van der Waals surface area contributed by atoms with Gasteiger partial charge in [-0.2, -0.15) is 0 Å². The Balaban J connectivity index is 1.24. The number of rotatable bonds is 16. The minimum atomic E-state index is 0.0799. The molecule has 0 bridgehead atoms. The molecule has 1 aromatic rings. The Bertz CT molecular complexity index is 435. The van der Waals surface area contributed by atoms with Crippen molar-refractivity contribution in [2.75, 3.05) is 26.4 Å². The molecule has 0 saturated carbocycles. The van der Waals surface area contributed by atoms with Gasteiger partial charge in [0.25, 0.3) is 0 Å². The molecule has 0 radical (unpaired) electrons. The third kappa shape index (κ3) is 12.2. The fourth-order valence-electron chi connectivity index (χ4n) is 3.45. The van der Waals surface area contributed by atoms with Gasteiger partial charge in [0.05, 0.1) is 0 Å². The van der Waals surface area contributed by atoms with Gasteiger partial charge >= 0.3 is 0 Å². The van der Waals surface area contributed by atoms with E-state index >= 15 is 0 Å². The van der Waals surface area contributed by atoms with Crippen LogP contribution in [0.1, 0.15) is 82.6 Å². The number of nitrogens with zero attached hydrogens (tertiary/aromatic N) is 1. The van der Waals surface area contributed by atoms with E-state index in [4.69, 9.17) is 14.2 Å². The highest BCUT2D eigenvalue weighted by molar-refractivity contribution is 5.08. The van der Waals surface area contributed by atoms with Gasteiger partial charge in [0.2, 0.25) is 0 Å². The van der Waals surface area contributed by atoms with Crippen LogP contribution in [0.2, 0.25) is 0 Å². The van der Waals surface area contributed by atoms with E-state index < -0.39 is 0 Å². The summed E-state index contributed by atoms with van der Waals surface area (Å²) >= 11 is 0. The first kappa shape index (κ1) is 22.3. The Morgan fingerprint density at radius 1 is 0.889 bits per heavy atom. The maximum absolute atomic E-state index is 5.77. The van der Waals surface area contributed by atoms with Crippen molar-refractivity contribution in [3.05, 3.63) is 30.1 Å². The second-order valence-corrected chi connectivity index (χ2v) is 7.57. The summed E-state index contributed by atoms with van der Waals surface area (Å²) in [5, 5.41) is 0. The van der Waals surface area contributed by atoms with Crippen LogP contribution in [0.15, 0.2) is 24.5 Å². The van der Waals surface area contributed by atoms with Crippen LogP contribution in [0.25, 0.3) is 0 Å².